The summed E-state index contributed by atoms with van der Waals surface area (Å²) in [4.78, 5) is 10.3. The Morgan fingerprint density at radius 1 is 0.433 bits per heavy atom. The van der Waals surface area contributed by atoms with E-state index in [1.54, 1.807) is 0 Å². The minimum Gasteiger partial charge on any atom is -0.456 e. The van der Waals surface area contributed by atoms with E-state index in [0.29, 0.717) is 5.84 Å². The van der Waals surface area contributed by atoms with Crippen molar-refractivity contribution in [3.63, 3.8) is 0 Å². The van der Waals surface area contributed by atoms with Crippen LogP contribution >= 0.6 is 0 Å². The lowest BCUT2D eigenvalue weighted by atomic mass is 9.80. The van der Waals surface area contributed by atoms with Crippen molar-refractivity contribution in [3.05, 3.63) is 246 Å². The van der Waals surface area contributed by atoms with Crippen molar-refractivity contribution in [3.8, 4) is 33.4 Å². The fourth-order valence-corrected chi connectivity index (χ4v) is 8.51. The molecule has 2 aliphatic rings. The van der Waals surface area contributed by atoms with Gasteiger partial charge in [-0.05, 0) is 111 Å². The van der Waals surface area contributed by atoms with Crippen LogP contribution < -0.4 is 0 Å². The summed E-state index contributed by atoms with van der Waals surface area (Å²) >= 11 is 0. The van der Waals surface area contributed by atoms with Crippen molar-refractivity contribution in [1.82, 2.24) is 0 Å². The molecule has 1 aromatic heterocycles. The van der Waals surface area contributed by atoms with Crippen LogP contribution in [0.3, 0.4) is 0 Å². The maximum Gasteiger partial charge on any atom is 0.160 e. The number of rotatable bonds is 6. The summed E-state index contributed by atoms with van der Waals surface area (Å²) < 4.78 is 6.53. The zero-order chi connectivity index (χ0) is 39.8. The Labute approximate surface area is 349 Å². The van der Waals surface area contributed by atoms with E-state index < -0.39 is 0 Å². The van der Waals surface area contributed by atoms with Crippen LogP contribution in [0.25, 0.3) is 72.7 Å². The normalized spacial score (nSPS) is 17.3. The van der Waals surface area contributed by atoms with Crippen LogP contribution in [0.5, 0.6) is 0 Å². The summed E-state index contributed by atoms with van der Waals surface area (Å²) in [5.41, 5.74) is 18.9. The molecule has 0 radical (unpaired) electrons. The van der Waals surface area contributed by atoms with Gasteiger partial charge in [0.25, 0.3) is 0 Å². The molecule has 11 rings (SSSR count). The zero-order valence-corrected chi connectivity index (χ0v) is 32.8. The number of aliphatic imine (C=N–C) groups is 2. The molecule has 0 spiro atoms. The van der Waals surface area contributed by atoms with Gasteiger partial charge in [0.05, 0.1) is 11.4 Å². The van der Waals surface area contributed by atoms with E-state index in [2.05, 4.69) is 176 Å². The number of nitrogens with zero attached hydrogens (tertiary/aromatic N) is 2. The number of hydrogen-bond donors (Lipinski definition) is 0. The summed E-state index contributed by atoms with van der Waals surface area (Å²) in [7, 11) is 0. The molecular weight excluding hydrogens is 729 g/mol. The lowest BCUT2D eigenvalue weighted by molar-refractivity contribution is 0.669. The molecule has 282 valence electrons. The Morgan fingerprint density at radius 3 is 1.85 bits per heavy atom. The van der Waals surface area contributed by atoms with Crippen LogP contribution in [0.1, 0.15) is 33.4 Å². The largest absolute Gasteiger partial charge is 0.456 e. The second-order valence-electron chi connectivity index (χ2n) is 15.4. The van der Waals surface area contributed by atoms with E-state index in [-0.39, 0.29) is 0 Å². The minimum atomic E-state index is 0.667. The van der Waals surface area contributed by atoms with Gasteiger partial charge in [-0.2, -0.15) is 0 Å². The van der Waals surface area contributed by atoms with Crippen molar-refractivity contribution in [1.29, 1.82) is 0 Å². The van der Waals surface area contributed by atoms with Gasteiger partial charge < -0.3 is 4.42 Å². The van der Waals surface area contributed by atoms with E-state index >= 15 is 0 Å². The molecule has 60 heavy (non-hydrogen) atoms. The fourth-order valence-electron chi connectivity index (χ4n) is 8.51. The van der Waals surface area contributed by atoms with Gasteiger partial charge in [-0.3, -0.25) is 0 Å². The predicted molar refractivity (Wildman–Crippen MR) is 251 cm³/mol. The molecule has 8 aromatic carbocycles. The molecule has 0 atom stereocenters. The molecule has 0 amide bonds. The molecule has 3 nitrogen and oxygen atoms in total. The second kappa shape index (κ2) is 15.1. The zero-order valence-electron chi connectivity index (χ0n) is 32.8. The molecular formula is C57H38N2O. The Kier molecular flexibility index (Phi) is 8.90. The first-order chi connectivity index (χ1) is 29.7. The topological polar surface area (TPSA) is 37.9 Å². The maximum atomic E-state index is 6.53. The van der Waals surface area contributed by atoms with E-state index in [1.807, 2.05) is 42.5 Å². The van der Waals surface area contributed by atoms with Crippen molar-refractivity contribution in [2.75, 3.05) is 0 Å². The average Bonchev–Trinajstić information content (AvgIpc) is 3.67. The number of furan rings is 1. The van der Waals surface area contributed by atoms with Gasteiger partial charge in [0.2, 0.25) is 0 Å². The summed E-state index contributed by atoms with van der Waals surface area (Å²) in [6.45, 7) is 0. The smallest absolute Gasteiger partial charge is 0.160 e. The van der Waals surface area contributed by atoms with Crippen LogP contribution in [-0.2, 0) is 6.42 Å². The standard InChI is InChI=1S/C57H38N2O/c1-4-13-39(14-5-1)40-25-23-38(24-26-40)33-47-34-45-28-27-43(35-51(45)49-20-11-10-19-48(47)49)44-29-31-50-52-36-46(30-32-55(52)60-56(50)37-44)54-22-12-21-53(41-15-6-2-7-16-41)58-57(59-54)42-17-8-3-9-18-42/h1-33,35-37H,34H2/b21-12+,22-12?,47-33-,53-21?,54-22+,58-53+,58-57?,59-54?,59-57-. The highest BCUT2D eigenvalue weighted by atomic mass is 16.3. The molecule has 0 unspecified atom stereocenters. The third kappa shape index (κ3) is 6.72. The fraction of sp³-hybridized carbons (Fsp3) is 0.0175. The van der Waals surface area contributed by atoms with Gasteiger partial charge in [-0.15, -0.1) is 0 Å². The van der Waals surface area contributed by atoms with Gasteiger partial charge >= 0.3 is 0 Å². The summed E-state index contributed by atoms with van der Waals surface area (Å²) in [6, 6.07) is 68.5. The van der Waals surface area contributed by atoms with Crippen molar-refractivity contribution in [2.24, 2.45) is 9.98 Å². The number of benzene rings is 8. The van der Waals surface area contributed by atoms with Crippen LogP contribution in [0.2, 0.25) is 0 Å². The highest BCUT2D eigenvalue weighted by Crippen LogP contribution is 2.42. The second-order valence-corrected chi connectivity index (χ2v) is 15.4. The SMILES string of the molecule is C(=C1\Cc2ccc(-c3ccc4c(c3)oc3ccc(C5=C\C=C\C(c6ccccc6)=N/C(c6ccccc6)=N\5)cc34)cc2-c2ccccc21)/c1ccc(-c2ccccc2)cc1. The molecule has 3 heteroatoms. The average molecular weight is 767 g/mol. The van der Waals surface area contributed by atoms with E-state index in [0.717, 1.165) is 62.0 Å². The lowest BCUT2D eigenvalue weighted by Gasteiger charge is -2.23. The van der Waals surface area contributed by atoms with Crippen molar-refractivity contribution < 1.29 is 4.42 Å². The van der Waals surface area contributed by atoms with Crippen LogP contribution in [0, 0.1) is 0 Å². The highest BCUT2D eigenvalue weighted by molar-refractivity contribution is 6.18. The molecule has 1 aliphatic heterocycles. The van der Waals surface area contributed by atoms with E-state index in [1.165, 1.54) is 50.1 Å². The molecule has 0 saturated heterocycles. The maximum absolute atomic E-state index is 6.53. The van der Waals surface area contributed by atoms with Crippen molar-refractivity contribution >= 4 is 50.8 Å². The number of hydrogen-bond acceptors (Lipinski definition) is 3. The van der Waals surface area contributed by atoms with Gasteiger partial charge in [0, 0.05) is 27.5 Å². The predicted octanol–water partition coefficient (Wildman–Crippen LogP) is 14.5. The molecule has 0 saturated carbocycles. The molecule has 9 aromatic rings. The molecule has 1 aliphatic carbocycles. The minimum absolute atomic E-state index is 0.667. The summed E-state index contributed by atoms with van der Waals surface area (Å²) in [5, 5.41) is 2.13. The van der Waals surface area contributed by atoms with E-state index in [4.69, 9.17) is 14.4 Å². The molecule has 0 fully saturated rings. The Morgan fingerprint density at radius 2 is 1.07 bits per heavy atom. The summed E-state index contributed by atoms with van der Waals surface area (Å²) in [6.07, 6.45) is 9.39. The van der Waals surface area contributed by atoms with Gasteiger partial charge in [-0.25, -0.2) is 9.98 Å². The highest BCUT2D eigenvalue weighted by Gasteiger charge is 2.21. The first-order valence-corrected chi connectivity index (χ1v) is 20.4. The quantitative estimate of drug-likeness (QED) is 0.166. The Hall–Kier alpha value is -7.88. The third-order valence-corrected chi connectivity index (χ3v) is 11.6. The van der Waals surface area contributed by atoms with Gasteiger partial charge in [0.1, 0.15) is 11.2 Å². The first kappa shape index (κ1) is 35.3. The monoisotopic (exact) mass is 766 g/mol. The van der Waals surface area contributed by atoms with Crippen LogP contribution in [-0.4, -0.2) is 11.5 Å². The number of amidine groups is 1. The summed E-state index contributed by atoms with van der Waals surface area (Å²) in [5.74, 6) is 0.667. The number of allylic oxidation sites excluding steroid dienone is 4. The molecule has 0 bridgehead atoms. The Balaban J connectivity index is 0.908. The van der Waals surface area contributed by atoms with Gasteiger partial charge in [0.15, 0.2) is 5.84 Å². The lowest BCUT2D eigenvalue weighted by Crippen LogP contribution is -2.06. The number of fused-ring (bicyclic) bond motifs is 6. The van der Waals surface area contributed by atoms with Crippen molar-refractivity contribution in [2.45, 2.75) is 6.42 Å². The Bertz CT molecular complexity index is 3240. The van der Waals surface area contributed by atoms with Crippen LogP contribution in [0.15, 0.2) is 227 Å². The first-order valence-electron chi connectivity index (χ1n) is 20.4. The molecule has 0 N–H and O–H groups in total. The molecule has 2 heterocycles. The van der Waals surface area contributed by atoms with E-state index in [9.17, 15) is 0 Å². The van der Waals surface area contributed by atoms with Gasteiger partial charge in [-0.1, -0.05) is 170 Å². The van der Waals surface area contributed by atoms with Crippen LogP contribution in [0.4, 0.5) is 0 Å². The third-order valence-electron chi connectivity index (χ3n) is 11.6.